The highest BCUT2D eigenvalue weighted by Gasteiger charge is 2.38. The second-order valence-electron chi connectivity index (χ2n) is 18.8. The van der Waals surface area contributed by atoms with Crippen molar-refractivity contribution in [3.8, 4) is 23.0 Å². The standard InChI is InChI=1S/C57H62N6O10/c1-67-20-21-71-23-22-70-19-18-61(17-9-16-55(64)60-41-12-8-13-41)42-25-37(35-72-53-31-47-45(29-51(53)68-2)56(65)62-43(33-58-47)27-39-10-4-6-14-49(39)62)24-38(26-42)36-73-54-32-48-46(30-52(54)69-3)57(66)63-44(34-59-48)28-40-11-5-7-15-50(40)63/h4-7,10-11,14-15,24-26,29-34,41,43-44H,8-9,12-13,16-23,27-28,35-36H2,1-3H3,(H,60,64)/t43-,44-/m0/s1. The van der Waals surface area contributed by atoms with E-state index < -0.39 is 0 Å². The van der Waals surface area contributed by atoms with Crippen LogP contribution < -0.4 is 39.0 Å². The highest BCUT2D eigenvalue weighted by atomic mass is 16.5. The van der Waals surface area contributed by atoms with E-state index in [9.17, 15) is 14.4 Å². The van der Waals surface area contributed by atoms with Crippen molar-refractivity contribution in [2.75, 3.05) is 82.2 Å². The third kappa shape index (κ3) is 10.9. The summed E-state index contributed by atoms with van der Waals surface area (Å²) in [4.78, 5) is 56.8. The predicted octanol–water partition coefficient (Wildman–Crippen LogP) is 8.37. The van der Waals surface area contributed by atoms with Gasteiger partial charge >= 0.3 is 0 Å². The van der Waals surface area contributed by atoms with Crippen molar-refractivity contribution in [2.24, 2.45) is 9.98 Å². The Hall–Kier alpha value is -7.27. The van der Waals surface area contributed by atoms with Gasteiger partial charge in [0.1, 0.15) is 13.2 Å². The summed E-state index contributed by atoms with van der Waals surface area (Å²) in [6, 6.07) is 28.9. The Kier molecular flexibility index (Phi) is 15.3. The van der Waals surface area contributed by atoms with Crippen LogP contribution in [0.1, 0.15) is 75.1 Å². The molecule has 0 radical (unpaired) electrons. The molecule has 0 aromatic heterocycles. The largest absolute Gasteiger partial charge is 0.493 e. The van der Waals surface area contributed by atoms with Crippen LogP contribution in [0.4, 0.5) is 28.4 Å². The lowest BCUT2D eigenvalue weighted by Crippen LogP contribution is -2.39. The molecule has 16 heteroatoms. The summed E-state index contributed by atoms with van der Waals surface area (Å²) >= 11 is 0. The smallest absolute Gasteiger partial charge is 0.261 e. The zero-order valence-electron chi connectivity index (χ0n) is 41.7. The summed E-state index contributed by atoms with van der Waals surface area (Å²) in [5.41, 5.74) is 8.37. The number of aliphatic imine (C=N–C) groups is 2. The minimum atomic E-state index is -0.201. The number of carbonyl (C=O) groups excluding carboxylic acids is 3. The summed E-state index contributed by atoms with van der Waals surface area (Å²) in [6.07, 6.45) is 9.25. The first-order chi connectivity index (χ1) is 35.8. The molecule has 1 saturated carbocycles. The number of hydrogen-bond acceptors (Lipinski definition) is 13. The van der Waals surface area contributed by atoms with Crippen molar-refractivity contribution >= 4 is 58.6 Å². The fraction of sp³-hybridized carbons (Fsp3) is 0.386. The van der Waals surface area contributed by atoms with Crippen molar-refractivity contribution in [3.05, 3.63) is 124 Å². The fourth-order valence-corrected chi connectivity index (χ4v) is 10.1. The lowest BCUT2D eigenvalue weighted by atomic mass is 9.93. The highest BCUT2D eigenvalue weighted by molar-refractivity contribution is 6.16. The quantitative estimate of drug-likeness (QED) is 0.0626. The molecule has 1 fully saturated rings. The maximum atomic E-state index is 14.2. The second-order valence-corrected chi connectivity index (χ2v) is 18.8. The molecule has 0 unspecified atom stereocenters. The molecule has 0 spiro atoms. The fourth-order valence-electron chi connectivity index (χ4n) is 10.1. The first kappa shape index (κ1) is 49.3. The van der Waals surface area contributed by atoms with Crippen molar-refractivity contribution < 1.29 is 47.5 Å². The SMILES string of the molecule is COCCOCCOCCN(CCCC(=O)NC1CCC1)c1cc(COc2cc3c(cc2OC)C(=O)N2c4ccccc4C[C@H]2C=N3)cc(COc2cc3c(cc2OC)C(=O)N2c4ccccc4C[C@H]2C=N3)c1. The van der Waals surface area contributed by atoms with E-state index in [1.165, 1.54) is 0 Å². The van der Waals surface area contributed by atoms with Crippen LogP contribution in [-0.4, -0.2) is 116 Å². The van der Waals surface area contributed by atoms with Gasteiger partial charge < -0.3 is 43.4 Å². The van der Waals surface area contributed by atoms with Gasteiger partial charge in [0.25, 0.3) is 11.8 Å². The number of benzene rings is 5. The predicted molar refractivity (Wildman–Crippen MR) is 280 cm³/mol. The minimum absolute atomic E-state index is 0.0576. The highest BCUT2D eigenvalue weighted by Crippen LogP contribution is 2.43. The number of rotatable bonds is 23. The molecule has 2 atom stereocenters. The zero-order valence-corrected chi connectivity index (χ0v) is 41.7. The lowest BCUT2D eigenvalue weighted by molar-refractivity contribution is -0.122. The van der Waals surface area contributed by atoms with Crippen molar-refractivity contribution in [1.29, 1.82) is 0 Å². The van der Waals surface area contributed by atoms with Gasteiger partial charge in [-0.05, 0) is 90.4 Å². The number of fused-ring (bicyclic) bond motifs is 8. The summed E-state index contributed by atoms with van der Waals surface area (Å²) in [7, 11) is 4.75. The molecule has 4 aliphatic heterocycles. The molecule has 3 amide bonds. The maximum absolute atomic E-state index is 14.2. The minimum Gasteiger partial charge on any atom is -0.493 e. The van der Waals surface area contributed by atoms with Gasteiger partial charge in [-0.3, -0.25) is 34.2 Å². The Labute approximate surface area is 425 Å². The van der Waals surface area contributed by atoms with Gasteiger partial charge in [0.05, 0.1) is 81.8 Å². The number of nitrogens with one attached hydrogen (secondary N) is 1. The van der Waals surface area contributed by atoms with E-state index in [1.54, 1.807) is 45.6 Å². The molecule has 5 aromatic rings. The summed E-state index contributed by atoms with van der Waals surface area (Å²) in [5.74, 6) is 1.43. The number of nitrogens with zero attached hydrogens (tertiary/aromatic N) is 5. The van der Waals surface area contributed by atoms with Gasteiger partial charge in [-0.1, -0.05) is 36.4 Å². The summed E-state index contributed by atoms with van der Waals surface area (Å²) in [6.45, 7) is 3.65. The van der Waals surface area contributed by atoms with Crippen LogP contribution in [0.5, 0.6) is 23.0 Å². The van der Waals surface area contributed by atoms with Gasteiger partial charge in [-0.15, -0.1) is 0 Å². The molecule has 10 rings (SSSR count). The van der Waals surface area contributed by atoms with E-state index in [2.05, 4.69) is 22.3 Å². The van der Waals surface area contributed by atoms with Gasteiger partial charge in [-0.25, -0.2) is 0 Å². The molecule has 5 aliphatic rings. The summed E-state index contributed by atoms with van der Waals surface area (Å²) < 4.78 is 41.7. The molecule has 5 aromatic carbocycles. The summed E-state index contributed by atoms with van der Waals surface area (Å²) in [5, 5.41) is 3.17. The number of hydrogen-bond donors (Lipinski definition) is 1. The zero-order chi connectivity index (χ0) is 50.3. The normalized spacial score (nSPS) is 17.1. The van der Waals surface area contributed by atoms with E-state index >= 15 is 0 Å². The van der Waals surface area contributed by atoms with Crippen molar-refractivity contribution in [2.45, 2.75) is 76.3 Å². The molecule has 1 N–H and O–H groups in total. The van der Waals surface area contributed by atoms with Crippen LogP contribution >= 0.6 is 0 Å². The maximum Gasteiger partial charge on any atom is 0.261 e. The van der Waals surface area contributed by atoms with Crippen molar-refractivity contribution in [1.82, 2.24) is 5.32 Å². The first-order valence-electron chi connectivity index (χ1n) is 25.2. The Balaban J connectivity index is 0.923. The molecule has 1 aliphatic carbocycles. The molecule has 73 heavy (non-hydrogen) atoms. The van der Waals surface area contributed by atoms with E-state index in [0.717, 1.165) is 58.6 Å². The molecular formula is C57H62N6O10. The van der Waals surface area contributed by atoms with Crippen LogP contribution in [0.15, 0.2) is 101 Å². The van der Waals surface area contributed by atoms with Crippen molar-refractivity contribution in [3.63, 3.8) is 0 Å². The van der Waals surface area contributed by atoms with Crippen LogP contribution in [0, 0.1) is 0 Å². The Bertz CT molecular complexity index is 2740. The molecule has 0 bridgehead atoms. The van der Waals surface area contributed by atoms with Gasteiger partial charge in [0.2, 0.25) is 5.91 Å². The Morgan fingerprint density at radius 1 is 0.644 bits per heavy atom. The number of ether oxygens (including phenoxy) is 7. The van der Waals surface area contributed by atoms with E-state index in [1.807, 2.05) is 76.8 Å². The number of methoxy groups -OCH3 is 3. The number of anilines is 3. The molecule has 4 heterocycles. The number of carbonyl (C=O) groups is 3. The average Bonchev–Trinajstić information content (AvgIpc) is 3.89. The lowest BCUT2D eigenvalue weighted by Gasteiger charge is -2.28. The molecule has 380 valence electrons. The van der Waals surface area contributed by atoms with Crippen LogP contribution in [-0.2, 0) is 45.1 Å². The van der Waals surface area contributed by atoms with Gasteiger partial charge in [0.15, 0.2) is 23.0 Å². The number of amides is 3. The third-order valence-corrected chi connectivity index (χ3v) is 14.1. The van der Waals surface area contributed by atoms with Gasteiger partial charge in [0, 0.05) is 87.1 Å². The first-order valence-corrected chi connectivity index (χ1v) is 25.2. The third-order valence-electron chi connectivity index (χ3n) is 14.1. The topological polar surface area (TPSA) is 162 Å². The van der Waals surface area contributed by atoms with Crippen LogP contribution in [0.25, 0.3) is 0 Å². The molecular weight excluding hydrogens is 929 g/mol. The van der Waals surface area contributed by atoms with E-state index in [0.29, 0.717) is 117 Å². The Morgan fingerprint density at radius 3 is 1.70 bits per heavy atom. The molecule has 0 saturated heterocycles. The van der Waals surface area contributed by atoms with E-state index in [4.69, 9.17) is 43.1 Å². The van der Waals surface area contributed by atoms with Crippen LogP contribution in [0.3, 0.4) is 0 Å². The molecule has 16 nitrogen and oxygen atoms in total. The van der Waals surface area contributed by atoms with E-state index in [-0.39, 0.29) is 49.1 Å². The Morgan fingerprint density at radius 2 is 1.18 bits per heavy atom. The van der Waals surface area contributed by atoms with Crippen LogP contribution in [0.2, 0.25) is 0 Å². The second kappa shape index (κ2) is 22.7. The monoisotopic (exact) mass is 990 g/mol. The number of para-hydroxylation sites is 2. The van der Waals surface area contributed by atoms with Gasteiger partial charge in [-0.2, -0.15) is 0 Å². The average molecular weight is 991 g/mol.